The van der Waals surface area contributed by atoms with Gasteiger partial charge in [0.2, 0.25) is 0 Å². The molecule has 122 valence electrons. The average molecular weight is 311 g/mol. The molecule has 0 aliphatic rings. The van der Waals surface area contributed by atoms with Crippen molar-refractivity contribution < 1.29 is 9.90 Å². The van der Waals surface area contributed by atoms with Gasteiger partial charge in [0, 0.05) is 17.9 Å². The van der Waals surface area contributed by atoms with E-state index in [1.165, 1.54) is 12.5 Å². The standard InChI is InChI=1S/C20H25NO2/c1-5-16-6-8-17(9-7-16)21(13-14(2)3)18-10-11-20(23)19(12-18)15(4)22/h6-12,14,23H,5,13H2,1-4H3. The first-order valence-corrected chi connectivity index (χ1v) is 8.12. The molecule has 0 aliphatic carbocycles. The van der Waals surface area contributed by atoms with Crippen molar-refractivity contribution in [3.05, 3.63) is 53.6 Å². The van der Waals surface area contributed by atoms with Crippen LogP contribution in [0.15, 0.2) is 42.5 Å². The van der Waals surface area contributed by atoms with E-state index in [-0.39, 0.29) is 11.5 Å². The van der Waals surface area contributed by atoms with Crippen molar-refractivity contribution in [2.45, 2.75) is 34.1 Å². The molecule has 0 heterocycles. The van der Waals surface area contributed by atoms with Gasteiger partial charge in [-0.05, 0) is 55.2 Å². The summed E-state index contributed by atoms with van der Waals surface area (Å²) in [7, 11) is 0. The molecule has 0 amide bonds. The van der Waals surface area contributed by atoms with Gasteiger partial charge < -0.3 is 10.0 Å². The van der Waals surface area contributed by atoms with E-state index in [9.17, 15) is 9.90 Å². The summed E-state index contributed by atoms with van der Waals surface area (Å²) in [4.78, 5) is 13.9. The number of phenolic OH excluding ortho intramolecular Hbond substituents is 1. The summed E-state index contributed by atoms with van der Waals surface area (Å²) in [5.74, 6) is 0.373. The summed E-state index contributed by atoms with van der Waals surface area (Å²) in [5.41, 5.74) is 3.68. The summed E-state index contributed by atoms with van der Waals surface area (Å²) >= 11 is 0. The van der Waals surface area contributed by atoms with Crippen LogP contribution in [0, 0.1) is 5.92 Å². The van der Waals surface area contributed by atoms with Gasteiger partial charge in [0.05, 0.1) is 5.56 Å². The van der Waals surface area contributed by atoms with Gasteiger partial charge in [-0.25, -0.2) is 0 Å². The molecule has 2 rings (SSSR count). The van der Waals surface area contributed by atoms with E-state index >= 15 is 0 Å². The molecule has 3 heteroatoms. The van der Waals surface area contributed by atoms with Gasteiger partial charge >= 0.3 is 0 Å². The van der Waals surface area contributed by atoms with Crippen molar-refractivity contribution >= 4 is 17.2 Å². The highest BCUT2D eigenvalue weighted by Crippen LogP contribution is 2.31. The maximum Gasteiger partial charge on any atom is 0.163 e. The second-order valence-electron chi connectivity index (χ2n) is 6.28. The number of anilines is 2. The van der Waals surface area contributed by atoms with E-state index in [0.29, 0.717) is 11.5 Å². The topological polar surface area (TPSA) is 40.5 Å². The molecule has 0 radical (unpaired) electrons. The lowest BCUT2D eigenvalue weighted by molar-refractivity contribution is 0.101. The van der Waals surface area contributed by atoms with E-state index in [1.807, 2.05) is 6.07 Å². The first-order chi connectivity index (χ1) is 10.9. The van der Waals surface area contributed by atoms with Crippen LogP contribution >= 0.6 is 0 Å². The maximum absolute atomic E-state index is 11.7. The number of rotatable bonds is 6. The average Bonchev–Trinajstić information content (AvgIpc) is 2.53. The predicted molar refractivity (Wildman–Crippen MR) is 95.8 cm³/mol. The summed E-state index contributed by atoms with van der Waals surface area (Å²) in [6.07, 6.45) is 1.01. The van der Waals surface area contributed by atoms with Crippen molar-refractivity contribution in [3.8, 4) is 5.75 Å². The van der Waals surface area contributed by atoms with E-state index in [4.69, 9.17) is 0 Å². The molecule has 0 aromatic heterocycles. The van der Waals surface area contributed by atoms with Crippen molar-refractivity contribution in [1.82, 2.24) is 0 Å². The molecule has 0 aliphatic heterocycles. The lowest BCUT2D eigenvalue weighted by atomic mass is 10.1. The summed E-state index contributed by atoms with van der Waals surface area (Å²) in [6.45, 7) is 8.79. The number of aromatic hydroxyl groups is 1. The molecule has 0 saturated heterocycles. The van der Waals surface area contributed by atoms with Crippen LogP contribution in [-0.4, -0.2) is 17.4 Å². The number of hydrogen-bond acceptors (Lipinski definition) is 3. The number of benzene rings is 2. The summed E-state index contributed by atoms with van der Waals surface area (Å²) in [5, 5.41) is 9.87. The lowest BCUT2D eigenvalue weighted by Crippen LogP contribution is -2.22. The molecule has 0 atom stereocenters. The Morgan fingerprint density at radius 1 is 1.09 bits per heavy atom. The molecular weight excluding hydrogens is 286 g/mol. The monoisotopic (exact) mass is 311 g/mol. The fourth-order valence-corrected chi connectivity index (χ4v) is 2.61. The molecule has 23 heavy (non-hydrogen) atoms. The van der Waals surface area contributed by atoms with Gasteiger partial charge in [-0.2, -0.15) is 0 Å². The molecule has 0 unspecified atom stereocenters. The Balaban J connectivity index is 2.45. The molecule has 0 saturated carbocycles. The molecule has 0 fully saturated rings. The molecular formula is C20H25NO2. The van der Waals surface area contributed by atoms with Gasteiger partial charge in [-0.1, -0.05) is 32.9 Å². The van der Waals surface area contributed by atoms with Crippen LogP contribution in [0.2, 0.25) is 0 Å². The Bertz CT molecular complexity index is 675. The van der Waals surface area contributed by atoms with E-state index in [2.05, 4.69) is 49.9 Å². The minimum atomic E-state index is -0.129. The number of aryl methyl sites for hydroxylation is 1. The van der Waals surface area contributed by atoms with Crippen LogP contribution in [0.4, 0.5) is 11.4 Å². The Morgan fingerprint density at radius 3 is 2.22 bits per heavy atom. The molecule has 0 spiro atoms. The third-order valence-corrected chi connectivity index (χ3v) is 3.88. The zero-order valence-electron chi connectivity index (χ0n) is 14.3. The fourth-order valence-electron chi connectivity index (χ4n) is 2.61. The maximum atomic E-state index is 11.7. The highest BCUT2D eigenvalue weighted by molar-refractivity contribution is 5.97. The zero-order chi connectivity index (χ0) is 17.0. The number of carbonyl (C=O) groups excluding carboxylic acids is 1. The number of Topliss-reactive ketones (excluding diaryl/α,β-unsaturated/α-hetero) is 1. The van der Waals surface area contributed by atoms with Gasteiger partial charge in [-0.15, -0.1) is 0 Å². The van der Waals surface area contributed by atoms with Gasteiger partial charge in [0.15, 0.2) is 5.78 Å². The lowest BCUT2D eigenvalue weighted by Gasteiger charge is -2.27. The van der Waals surface area contributed by atoms with E-state index in [1.54, 1.807) is 12.1 Å². The Hall–Kier alpha value is -2.29. The fraction of sp³-hybridized carbons (Fsp3) is 0.350. The number of nitrogens with zero attached hydrogens (tertiary/aromatic N) is 1. The van der Waals surface area contributed by atoms with Gasteiger partial charge in [-0.3, -0.25) is 4.79 Å². The highest BCUT2D eigenvalue weighted by Gasteiger charge is 2.15. The van der Waals surface area contributed by atoms with Gasteiger partial charge in [0.1, 0.15) is 5.75 Å². The van der Waals surface area contributed by atoms with Crippen LogP contribution < -0.4 is 4.90 Å². The first kappa shape index (κ1) is 17.1. The molecule has 0 bridgehead atoms. The van der Waals surface area contributed by atoms with Crippen molar-refractivity contribution in [2.24, 2.45) is 5.92 Å². The number of ketones is 1. The Morgan fingerprint density at radius 2 is 1.70 bits per heavy atom. The SMILES string of the molecule is CCc1ccc(N(CC(C)C)c2ccc(O)c(C(C)=O)c2)cc1. The number of hydrogen-bond donors (Lipinski definition) is 1. The molecule has 1 N–H and O–H groups in total. The first-order valence-electron chi connectivity index (χ1n) is 8.12. The van der Waals surface area contributed by atoms with E-state index < -0.39 is 0 Å². The summed E-state index contributed by atoms with van der Waals surface area (Å²) in [6, 6.07) is 13.7. The number of carbonyl (C=O) groups is 1. The van der Waals surface area contributed by atoms with Crippen LogP contribution in [0.5, 0.6) is 5.75 Å². The highest BCUT2D eigenvalue weighted by atomic mass is 16.3. The summed E-state index contributed by atoms with van der Waals surface area (Å²) < 4.78 is 0. The minimum Gasteiger partial charge on any atom is -0.507 e. The zero-order valence-corrected chi connectivity index (χ0v) is 14.3. The van der Waals surface area contributed by atoms with Crippen molar-refractivity contribution in [1.29, 1.82) is 0 Å². The van der Waals surface area contributed by atoms with Crippen LogP contribution in [0.1, 0.15) is 43.6 Å². The second kappa shape index (κ2) is 7.32. The van der Waals surface area contributed by atoms with Crippen LogP contribution in [0.25, 0.3) is 0 Å². The van der Waals surface area contributed by atoms with Crippen LogP contribution in [0.3, 0.4) is 0 Å². The third kappa shape index (κ3) is 4.13. The van der Waals surface area contributed by atoms with Gasteiger partial charge in [0.25, 0.3) is 0 Å². The smallest absolute Gasteiger partial charge is 0.163 e. The Kier molecular flexibility index (Phi) is 5.43. The number of phenols is 1. The molecule has 2 aromatic carbocycles. The quantitative estimate of drug-likeness (QED) is 0.767. The third-order valence-electron chi connectivity index (χ3n) is 3.88. The van der Waals surface area contributed by atoms with Crippen molar-refractivity contribution in [2.75, 3.05) is 11.4 Å². The van der Waals surface area contributed by atoms with Crippen molar-refractivity contribution in [3.63, 3.8) is 0 Å². The Labute approximate surface area is 138 Å². The largest absolute Gasteiger partial charge is 0.507 e. The predicted octanol–water partition coefficient (Wildman–Crippen LogP) is 4.95. The second-order valence-corrected chi connectivity index (χ2v) is 6.28. The van der Waals surface area contributed by atoms with Crippen LogP contribution in [-0.2, 0) is 6.42 Å². The van der Waals surface area contributed by atoms with E-state index in [0.717, 1.165) is 24.3 Å². The normalized spacial score (nSPS) is 10.8. The molecule has 2 aromatic rings. The minimum absolute atomic E-state index is 0.0343. The molecule has 3 nitrogen and oxygen atoms in total.